The summed E-state index contributed by atoms with van der Waals surface area (Å²) in [5.41, 5.74) is 1.19. The molecule has 1 saturated heterocycles. The second kappa shape index (κ2) is 7.97. The average Bonchev–Trinajstić information content (AvgIpc) is 2.54. The van der Waals surface area contributed by atoms with E-state index in [1.165, 1.54) is 5.56 Å². The molecule has 1 aliphatic heterocycles. The van der Waals surface area contributed by atoms with Gasteiger partial charge in [-0.05, 0) is 36.7 Å². The van der Waals surface area contributed by atoms with Gasteiger partial charge in [0.1, 0.15) is 0 Å². The number of rotatable bonds is 6. The minimum atomic E-state index is -0.749. The van der Waals surface area contributed by atoms with Crippen LogP contribution in [0.15, 0.2) is 30.3 Å². The summed E-state index contributed by atoms with van der Waals surface area (Å²) in [4.78, 5) is 25.1. The van der Waals surface area contributed by atoms with Crippen molar-refractivity contribution >= 4 is 11.9 Å². The molecule has 4 heteroatoms. The zero-order valence-corrected chi connectivity index (χ0v) is 13.2. The normalized spacial score (nSPS) is 19.7. The third-order valence-corrected chi connectivity index (χ3v) is 4.49. The van der Waals surface area contributed by atoms with Gasteiger partial charge in [0.15, 0.2) is 0 Å². The van der Waals surface area contributed by atoms with Crippen molar-refractivity contribution in [2.45, 2.75) is 44.9 Å². The average molecular weight is 303 g/mol. The van der Waals surface area contributed by atoms with Crippen LogP contribution in [0.3, 0.4) is 0 Å². The number of hydrogen-bond donors (Lipinski definition) is 1. The van der Waals surface area contributed by atoms with Gasteiger partial charge < -0.3 is 10.0 Å². The minimum absolute atomic E-state index is 0.191. The van der Waals surface area contributed by atoms with E-state index in [1.54, 1.807) is 0 Å². The van der Waals surface area contributed by atoms with Crippen molar-refractivity contribution in [1.29, 1.82) is 0 Å². The van der Waals surface area contributed by atoms with Crippen LogP contribution >= 0.6 is 0 Å². The molecular formula is C18H25NO3. The minimum Gasteiger partial charge on any atom is -0.481 e. The number of carboxylic acid groups (broad SMARTS) is 1. The number of benzene rings is 1. The van der Waals surface area contributed by atoms with Gasteiger partial charge in [0.25, 0.3) is 0 Å². The summed E-state index contributed by atoms with van der Waals surface area (Å²) < 4.78 is 0. The first kappa shape index (κ1) is 16.5. The fourth-order valence-electron chi connectivity index (χ4n) is 3.15. The number of piperidine rings is 1. The molecule has 1 N–H and O–H groups in total. The number of carboxylic acids is 1. The van der Waals surface area contributed by atoms with Crippen LogP contribution in [0, 0.1) is 5.92 Å². The molecule has 0 spiro atoms. The third-order valence-electron chi connectivity index (χ3n) is 4.49. The van der Waals surface area contributed by atoms with Crippen LogP contribution in [0.25, 0.3) is 0 Å². The number of likely N-dealkylation sites (tertiary alicyclic amines) is 1. The van der Waals surface area contributed by atoms with E-state index in [9.17, 15) is 9.59 Å². The molecule has 1 aromatic rings. The van der Waals surface area contributed by atoms with Crippen LogP contribution < -0.4 is 0 Å². The molecule has 2 rings (SSSR count). The first-order valence-corrected chi connectivity index (χ1v) is 8.10. The van der Waals surface area contributed by atoms with Crippen molar-refractivity contribution in [1.82, 2.24) is 4.90 Å². The van der Waals surface area contributed by atoms with Gasteiger partial charge in [-0.1, -0.05) is 37.3 Å². The number of carbonyl (C=O) groups is 2. The SMILES string of the molecule is C[C@H](CC(=O)N1CCC[C@@H](CCC(=O)O)C1)c1ccccc1. The first-order chi connectivity index (χ1) is 10.6. The van der Waals surface area contributed by atoms with E-state index in [-0.39, 0.29) is 18.2 Å². The molecule has 1 amide bonds. The molecule has 1 fully saturated rings. The summed E-state index contributed by atoms with van der Waals surface area (Å²) in [6.45, 7) is 3.61. The lowest BCUT2D eigenvalue weighted by Gasteiger charge is -2.33. The Hall–Kier alpha value is -1.84. The predicted octanol–water partition coefficient (Wildman–Crippen LogP) is 3.28. The molecule has 120 valence electrons. The van der Waals surface area contributed by atoms with E-state index >= 15 is 0 Å². The molecule has 0 bridgehead atoms. The lowest BCUT2D eigenvalue weighted by Crippen LogP contribution is -2.40. The Morgan fingerprint density at radius 2 is 2.05 bits per heavy atom. The number of aliphatic carboxylic acids is 1. The van der Waals surface area contributed by atoms with E-state index in [1.807, 2.05) is 23.1 Å². The van der Waals surface area contributed by atoms with Crippen LogP contribution in [0.4, 0.5) is 0 Å². The van der Waals surface area contributed by atoms with Gasteiger partial charge in [0.05, 0.1) is 0 Å². The van der Waals surface area contributed by atoms with E-state index in [0.29, 0.717) is 25.3 Å². The van der Waals surface area contributed by atoms with Gasteiger partial charge >= 0.3 is 5.97 Å². The summed E-state index contributed by atoms with van der Waals surface area (Å²) in [6.07, 6.45) is 3.41. The molecule has 0 unspecified atom stereocenters. The van der Waals surface area contributed by atoms with Crippen molar-refractivity contribution in [3.63, 3.8) is 0 Å². The van der Waals surface area contributed by atoms with Gasteiger partial charge in [-0.2, -0.15) is 0 Å². The summed E-state index contributed by atoms with van der Waals surface area (Å²) in [5, 5.41) is 8.78. The van der Waals surface area contributed by atoms with Gasteiger partial charge in [0.2, 0.25) is 5.91 Å². The molecule has 4 nitrogen and oxygen atoms in total. The van der Waals surface area contributed by atoms with Crippen molar-refractivity contribution in [3.05, 3.63) is 35.9 Å². The number of amides is 1. The van der Waals surface area contributed by atoms with Crippen molar-refractivity contribution in [2.24, 2.45) is 5.92 Å². The van der Waals surface area contributed by atoms with Crippen molar-refractivity contribution < 1.29 is 14.7 Å². The monoisotopic (exact) mass is 303 g/mol. The van der Waals surface area contributed by atoms with Crippen LogP contribution in [0.2, 0.25) is 0 Å². The number of hydrogen-bond acceptors (Lipinski definition) is 2. The Bertz CT molecular complexity index is 500. The highest BCUT2D eigenvalue weighted by Gasteiger charge is 2.25. The fraction of sp³-hybridized carbons (Fsp3) is 0.556. The molecule has 0 aliphatic carbocycles. The topological polar surface area (TPSA) is 57.6 Å². The second-order valence-corrected chi connectivity index (χ2v) is 6.30. The molecule has 1 aliphatic rings. The van der Waals surface area contributed by atoms with Crippen LogP contribution in [0.1, 0.15) is 50.5 Å². The quantitative estimate of drug-likeness (QED) is 0.877. The molecule has 0 radical (unpaired) electrons. The van der Waals surface area contributed by atoms with Crippen LogP contribution in [0.5, 0.6) is 0 Å². The first-order valence-electron chi connectivity index (χ1n) is 8.10. The molecule has 1 aromatic carbocycles. The Labute approximate surface area is 132 Å². The Morgan fingerprint density at radius 3 is 2.73 bits per heavy atom. The van der Waals surface area contributed by atoms with Gasteiger partial charge in [-0.25, -0.2) is 0 Å². The van der Waals surface area contributed by atoms with Crippen LogP contribution in [-0.2, 0) is 9.59 Å². The molecular weight excluding hydrogens is 278 g/mol. The van der Waals surface area contributed by atoms with E-state index in [2.05, 4.69) is 19.1 Å². The maximum Gasteiger partial charge on any atom is 0.303 e. The molecule has 1 heterocycles. The predicted molar refractivity (Wildman–Crippen MR) is 85.6 cm³/mol. The molecule has 0 saturated carbocycles. The van der Waals surface area contributed by atoms with Crippen molar-refractivity contribution in [3.8, 4) is 0 Å². The molecule has 22 heavy (non-hydrogen) atoms. The Kier molecular flexibility index (Phi) is 5.99. The van der Waals surface area contributed by atoms with E-state index in [0.717, 1.165) is 19.4 Å². The maximum absolute atomic E-state index is 12.5. The lowest BCUT2D eigenvalue weighted by atomic mass is 9.92. The van der Waals surface area contributed by atoms with Gasteiger partial charge in [0, 0.05) is 25.9 Å². The molecule has 0 aromatic heterocycles. The van der Waals surface area contributed by atoms with Crippen molar-refractivity contribution in [2.75, 3.05) is 13.1 Å². The Balaban J connectivity index is 1.85. The maximum atomic E-state index is 12.5. The second-order valence-electron chi connectivity index (χ2n) is 6.30. The smallest absolute Gasteiger partial charge is 0.303 e. The third kappa shape index (κ3) is 4.86. The standard InChI is InChI=1S/C18H25NO3/c1-14(16-7-3-2-4-8-16)12-17(20)19-11-5-6-15(13-19)9-10-18(21)22/h2-4,7-8,14-15H,5-6,9-13H2,1H3,(H,21,22)/t14-,15+/m1/s1. The largest absolute Gasteiger partial charge is 0.481 e. The summed E-state index contributed by atoms with van der Waals surface area (Å²) >= 11 is 0. The Morgan fingerprint density at radius 1 is 1.32 bits per heavy atom. The van der Waals surface area contributed by atoms with E-state index < -0.39 is 5.97 Å². The van der Waals surface area contributed by atoms with Crippen LogP contribution in [-0.4, -0.2) is 35.0 Å². The highest BCUT2D eigenvalue weighted by atomic mass is 16.4. The number of carbonyl (C=O) groups excluding carboxylic acids is 1. The molecule has 2 atom stereocenters. The zero-order valence-electron chi connectivity index (χ0n) is 13.2. The van der Waals surface area contributed by atoms with Gasteiger partial charge in [-0.15, -0.1) is 0 Å². The zero-order chi connectivity index (χ0) is 15.9. The fourth-order valence-corrected chi connectivity index (χ4v) is 3.15. The highest BCUT2D eigenvalue weighted by molar-refractivity contribution is 5.77. The van der Waals surface area contributed by atoms with E-state index in [4.69, 9.17) is 5.11 Å². The highest BCUT2D eigenvalue weighted by Crippen LogP contribution is 2.24. The van der Waals surface area contributed by atoms with Gasteiger partial charge in [-0.3, -0.25) is 9.59 Å². The summed E-state index contributed by atoms with van der Waals surface area (Å²) in [7, 11) is 0. The summed E-state index contributed by atoms with van der Waals surface area (Å²) in [6, 6.07) is 10.1. The number of nitrogens with zero attached hydrogens (tertiary/aromatic N) is 1. The summed E-state index contributed by atoms with van der Waals surface area (Å²) in [5.74, 6) is -0.00791. The lowest BCUT2D eigenvalue weighted by molar-refractivity contribution is -0.137.